The molecular formula is C8H15N5S. The number of nitrogens with one attached hydrogen (secondary N) is 1. The van der Waals surface area contributed by atoms with E-state index in [1.54, 1.807) is 6.20 Å². The Morgan fingerprint density at radius 2 is 2.14 bits per heavy atom. The van der Waals surface area contributed by atoms with Crippen LogP contribution in [0.15, 0.2) is 6.20 Å². The zero-order valence-electron chi connectivity index (χ0n) is 8.23. The molecule has 1 aliphatic heterocycles. The van der Waals surface area contributed by atoms with E-state index in [1.165, 1.54) is 11.3 Å². The SMILES string of the molecule is CN1CCN(Nc2ncc(N)s2)CC1. The van der Waals surface area contributed by atoms with Crippen LogP contribution in [0.3, 0.4) is 0 Å². The minimum atomic E-state index is 0.752. The van der Waals surface area contributed by atoms with Gasteiger partial charge in [-0.05, 0) is 7.05 Å². The van der Waals surface area contributed by atoms with Crippen molar-refractivity contribution >= 4 is 21.5 Å². The number of piperazine rings is 1. The molecule has 1 aliphatic rings. The van der Waals surface area contributed by atoms with Gasteiger partial charge in [-0.3, -0.25) is 5.43 Å². The largest absolute Gasteiger partial charge is 0.389 e. The number of rotatable bonds is 2. The van der Waals surface area contributed by atoms with Crippen LogP contribution in [-0.4, -0.2) is 48.1 Å². The monoisotopic (exact) mass is 213 g/mol. The predicted molar refractivity (Wildman–Crippen MR) is 59.2 cm³/mol. The average molecular weight is 213 g/mol. The van der Waals surface area contributed by atoms with E-state index in [2.05, 4.69) is 27.4 Å². The van der Waals surface area contributed by atoms with Crippen LogP contribution < -0.4 is 11.2 Å². The first-order chi connectivity index (χ1) is 6.74. The number of nitrogens with two attached hydrogens (primary N) is 1. The van der Waals surface area contributed by atoms with Crippen LogP contribution in [-0.2, 0) is 0 Å². The van der Waals surface area contributed by atoms with E-state index in [-0.39, 0.29) is 0 Å². The molecule has 3 N–H and O–H groups in total. The maximum absolute atomic E-state index is 5.60. The number of aromatic nitrogens is 1. The zero-order chi connectivity index (χ0) is 9.97. The van der Waals surface area contributed by atoms with Crippen molar-refractivity contribution in [2.24, 2.45) is 0 Å². The summed E-state index contributed by atoms with van der Waals surface area (Å²) < 4.78 is 0. The molecule has 1 fully saturated rings. The van der Waals surface area contributed by atoms with Gasteiger partial charge in [0.1, 0.15) is 5.00 Å². The molecule has 0 aromatic carbocycles. The van der Waals surface area contributed by atoms with E-state index < -0.39 is 0 Å². The van der Waals surface area contributed by atoms with Crippen molar-refractivity contribution in [1.82, 2.24) is 14.9 Å². The zero-order valence-corrected chi connectivity index (χ0v) is 9.05. The number of nitrogens with zero attached hydrogens (tertiary/aromatic N) is 3. The molecule has 0 radical (unpaired) electrons. The molecule has 1 saturated heterocycles. The second kappa shape index (κ2) is 4.12. The fourth-order valence-corrected chi connectivity index (χ4v) is 2.00. The first-order valence-electron chi connectivity index (χ1n) is 4.65. The van der Waals surface area contributed by atoms with Crippen molar-refractivity contribution in [3.05, 3.63) is 6.20 Å². The van der Waals surface area contributed by atoms with Crippen LogP contribution in [0.5, 0.6) is 0 Å². The second-order valence-corrected chi connectivity index (χ2v) is 4.53. The molecule has 0 atom stereocenters. The predicted octanol–water partition coefficient (Wildman–Crippen LogP) is 0.300. The summed E-state index contributed by atoms with van der Waals surface area (Å²) in [6.45, 7) is 4.23. The van der Waals surface area contributed by atoms with Gasteiger partial charge in [-0.25, -0.2) is 9.99 Å². The molecule has 1 aromatic heterocycles. The summed E-state index contributed by atoms with van der Waals surface area (Å²) in [7, 11) is 2.14. The van der Waals surface area contributed by atoms with Crippen molar-refractivity contribution in [2.75, 3.05) is 44.4 Å². The van der Waals surface area contributed by atoms with Gasteiger partial charge in [0.05, 0.1) is 6.20 Å². The highest BCUT2D eigenvalue weighted by atomic mass is 32.1. The van der Waals surface area contributed by atoms with Crippen molar-refractivity contribution in [3.8, 4) is 0 Å². The smallest absolute Gasteiger partial charge is 0.199 e. The molecule has 0 amide bonds. The number of likely N-dealkylation sites (N-methyl/N-ethyl adjacent to an activating group) is 1. The van der Waals surface area contributed by atoms with Crippen LogP contribution in [0.25, 0.3) is 0 Å². The summed E-state index contributed by atoms with van der Waals surface area (Å²) in [5.74, 6) is 0. The Morgan fingerprint density at radius 1 is 1.43 bits per heavy atom. The molecule has 0 bridgehead atoms. The second-order valence-electron chi connectivity index (χ2n) is 3.47. The lowest BCUT2D eigenvalue weighted by molar-refractivity contribution is 0.179. The van der Waals surface area contributed by atoms with Gasteiger partial charge in [0, 0.05) is 26.2 Å². The third kappa shape index (κ3) is 2.34. The van der Waals surface area contributed by atoms with Gasteiger partial charge in [0.2, 0.25) is 0 Å². The summed E-state index contributed by atoms with van der Waals surface area (Å²) in [4.78, 5) is 6.47. The van der Waals surface area contributed by atoms with Crippen molar-refractivity contribution in [3.63, 3.8) is 0 Å². The van der Waals surface area contributed by atoms with Gasteiger partial charge in [-0.1, -0.05) is 11.3 Å². The van der Waals surface area contributed by atoms with Gasteiger partial charge in [0.25, 0.3) is 0 Å². The van der Waals surface area contributed by atoms with E-state index >= 15 is 0 Å². The van der Waals surface area contributed by atoms with E-state index in [1.807, 2.05) is 0 Å². The van der Waals surface area contributed by atoms with Gasteiger partial charge in [-0.15, -0.1) is 0 Å². The topological polar surface area (TPSA) is 57.4 Å². The first kappa shape index (κ1) is 9.70. The first-order valence-corrected chi connectivity index (χ1v) is 5.47. The van der Waals surface area contributed by atoms with Gasteiger partial charge >= 0.3 is 0 Å². The molecule has 0 aliphatic carbocycles. The number of hydrazine groups is 1. The molecule has 2 rings (SSSR count). The Labute approximate surface area is 87.5 Å². The summed E-state index contributed by atoms with van der Waals surface area (Å²) in [6, 6.07) is 0. The van der Waals surface area contributed by atoms with Gasteiger partial charge in [-0.2, -0.15) is 0 Å². The number of anilines is 2. The summed E-state index contributed by atoms with van der Waals surface area (Å²) >= 11 is 1.48. The van der Waals surface area contributed by atoms with Crippen LogP contribution >= 0.6 is 11.3 Å². The fraction of sp³-hybridized carbons (Fsp3) is 0.625. The fourth-order valence-electron chi connectivity index (χ4n) is 1.39. The Morgan fingerprint density at radius 3 is 2.71 bits per heavy atom. The number of thiazole rings is 1. The van der Waals surface area contributed by atoms with Gasteiger partial charge in [0.15, 0.2) is 5.13 Å². The van der Waals surface area contributed by atoms with Crippen LogP contribution in [0.4, 0.5) is 10.1 Å². The standard InChI is InChI=1S/C8H15N5S/c1-12-2-4-13(5-3-12)11-8-10-6-7(9)14-8/h6H,2-5,9H2,1H3,(H,10,11). The Kier molecular flexibility index (Phi) is 2.85. The minimum Gasteiger partial charge on any atom is -0.389 e. The highest BCUT2D eigenvalue weighted by molar-refractivity contribution is 7.19. The van der Waals surface area contributed by atoms with E-state index in [0.29, 0.717) is 0 Å². The minimum absolute atomic E-state index is 0.752. The molecule has 0 unspecified atom stereocenters. The molecule has 5 nitrogen and oxygen atoms in total. The van der Waals surface area contributed by atoms with Crippen LogP contribution in [0.2, 0.25) is 0 Å². The molecule has 1 aromatic rings. The number of hydrogen-bond acceptors (Lipinski definition) is 6. The molecular weight excluding hydrogens is 198 g/mol. The Bertz CT molecular complexity index is 292. The van der Waals surface area contributed by atoms with Gasteiger partial charge < -0.3 is 10.6 Å². The third-order valence-electron chi connectivity index (χ3n) is 2.28. The Balaban J connectivity index is 1.86. The van der Waals surface area contributed by atoms with Crippen LogP contribution in [0, 0.1) is 0 Å². The molecule has 6 heteroatoms. The summed E-state index contributed by atoms with van der Waals surface area (Å²) in [6.07, 6.45) is 1.68. The lowest BCUT2D eigenvalue weighted by atomic mass is 10.4. The number of hydrogen-bond donors (Lipinski definition) is 2. The van der Waals surface area contributed by atoms with E-state index in [9.17, 15) is 0 Å². The average Bonchev–Trinajstić information content (AvgIpc) is 2.56. The van der Waals surface area contributed by atoms with E-state index in [0.717, 1.165) is 36.3 Å². The normalized spacial score (nSPS) is 19.8. The van der Waals surface area contributed by atoms with Crippen molar-refractivity contribution < 1.29 is 0 Å². The molecule has 0 spiro atoms. The lowest BCUT2D eigenvalue weighted by Crippen LogP contribution is -2.46. The van der Waals surface area contributed by atoms with Crippen molar-refractivity contribution in [1.29, 1.82) is 0 Å². The number of nitrogen functional groups attached to an aromatic ring is 1. The molecule has 78 valence electrons. The third-order valence-corrected chi connectivity index (χ3v) is 3.01. The highest BCUT2D eigenvalue weighted by Gasteiger charge is 2.14. The van der Waals surface area contributed by atoms with E-state index in [4.69, 9.17) is 5.73 Å². The quantitative estimate of drug-likeness (QED) is 0.740. The molecule has 2 heterocycles. The Hall–Kier alpha value is -0.850. The summed E-state index contributed by atoms with van der Waals surface area (Å²) in [5, 5.41) is 3.81. The molecule has 0 saturated carbocycles. The van der Waals surface area contributed by atoms with Crippen LogP contribution in [0.1, 0.15) is 0 Å². The molecule has 14 heavy (non-hydrogen) atoms. The lowest BCUT2D eigenvalue weighted by Gasteiger charge is -2.32. The maximum atomic E-state index is 5.60. The highest BCUT2D eigenvalue weighted by Crippen LogP contribution is 2.20. The van der Waals surface area contributed by atoms with Crippen molar-refractivity contribution in [2.45, 2.75) is 0 Å². The maximum Gasteiger partial charge on any atom is 0.199 e. The summed E-state index contributed by atoms with van der Waals surface area (Å²) in [5.41, 5.74) is 8.85.